The summed E-state index contributed by atoms with van der Waals surface area (Å²) in [5, 5.41) is 22.8. The van der Waals surface area contributed by atoms with Crippen LogP contribution in [0.2, 0.25) is 0 Å². The molecule has 2 unspecified atom stereocenters. The molecule has 0 aromatic rings. The van der Waals surface area contributed by atoms with E-state index < -0.39 is 12.1 Å². The molecule has 0 aromatic heterocycles. The predicted octanol–water partition coefficient (Wildman–Crippen LogP) is 10.8. The summed E-state index contributed by atoms with van der Waals surface area (Å²) in [6, 6.07) is -0.639. The van der Waals surface area contributed by atoms with E-state index in [2.05, 4.69) is 55.6 Å². The number of aliphatic hydroxyl groups is 2. The molecule has 1 amide bonds. The number of rotatable bonds is 32. The topological polar surface area (TPSA) is 69.6 Å². The van der Waals surface area contributed by atoms with Crippen LogP contribution in [-0.2, 0) is 4.79 Å². The van der Waals surface area contributed by atoms with Gasteiger partial charge < -0.3 is 15.5 Å². The Hall–Kier alpha value is -1.65. The van der Waals surface area contributed by atoms with Crippen molar-refractivity contribution < 1.29 is 15.0 Å². The van der Waals surface area contributed by atoms with Crippen molar-refractivity contribution in [3.8, 4) is 0 Å². The normalized spacial score (nSPS) is 13.7. The maximum Gasteiger partial charge on any atom is 0.220 e. The minimum atomic E-state index is -0.861. The van der Waals surface area contributed by atoms with Gasteiger partial charge in [0.1, 0.15) is 0 Å². The van der Waals surface area contributed by atoms with E-state index in [4.69, 9.17) is 0 Å². The molecule has 0 fully saturated rings. The number of carbonyl (C=O) groups excluding carboxylic acids is 1. The number of hydrogen-bond acceptors (Lipinski definition) is 3. The number of carbonyl (C=O) groups is 1. The van der Waals surface area contributed by atoms with Gasteiger partial charge in [-0.25, -0.2) is 0 Å². The number of allylic oxidation sites excluding steroid dienone is 7. The molecule has 0 bridgehead atoms. The van der Waals surface area contributed by atoms with Gasteiger partial charge >= 0.3 is 0 Å². The molecular weight excluding hydrogens is 530 g/mol. The third-order valence-corrected chi connectivity index (χ3v) is 8.03. The summed E-state index contributed by atoms with van der Waals surface area (Å²) in [5.41, 5.74) is 0. The van der Waals surface area contributed by atoms with E-state index in [1.807, 2.05) is 6.08 Å². The Morgan fingerprint density at radius 2 is 0.977 bits per heavy atom. The lowest BCUT2D eigenvalue weighted by Crippen LogP contribution is -2.45. The van der Waals surface area contributed by atoms with Gasteiger partial charge in [-0.15, -0.1) is 0 Å². The predicted molar refractivity (Wildman–Crippen MR) is 188 cm³/mol. The number of unbranched alkanes of at least 4 members (excludes halogenated alkanes) is 19. The number of aliphatic hydroxyl groups excluding tert-OH is 2. The summed E-state index contributed by atoms with van der Waals surface area (Å²) < 4.78 is 0. The summed E-state index contributed by atoms with van der Waals surface area (Å²) in [4.78, 5) is 12.3. The zero-order chi connectivity index (χ0) is 31.5. The zero-order valence-electron chi connectivity index (χ0n) is 28.5. The van der Waals surface area contributed by atoms with E-state index in [0.29, 0.717) is 6.42 Å². The van der Waals surface area contributed by atoms with Gasteiger partial charge in [-0.05, 0) is 64.2 Å². The summed E-state index contributed by atoms with van der Waals surface area (Å²) in [6.45, 7) is 4.23. The van der Waals surface area contributed by atoms with Gasteiger partial charge in [-0.1, -0.05) is 152 Å². The summed E-state index contributed by atoms with van der Waals surface area (Å²) >= 11 is 0. The molecule has 4 heteroatoms. The van der Waals surface area contributed by atoms with E-state index in [1.165, 1.54) is 116 Å². The van der Waals surface area contributed by atoms with E-state index in [-0.39, 0.29) is 12.5 Å². The van der Waals surface area contributed by atoms with E-state index in [1.54, 1.807) is 6.08 Å². The summed E-state index contributed by atoms with van der Waals surface area (Å²) in [6.07, 6.45) is 46.3. The van der Waals surface area contributed by atoms with Crippen molar-refractivity contribution in [2.75, 3.05) is 6.61 Å². The van der Waals surface area contributed by atoms with Crippen LogP contribution in [0.3, 0.4) is 0 Å². The third kappa shape index (κ3) is 31.6. The smallest absolute Gasteiger partial charge is 0.220 e. The van der Waals surface area contributed by atoms with Crippen LogP contribution in [-0.4, -0.2) is 34.9 Å². The van der Waals surface area contributed by atoms with E-state index in [0.717, 1.165) is 38.5 Å². The van der Waals surface area contributed by atoms with Crippen molar-refractivity contribution >= 4 is 5.91 Å². The van der Waals surface area contributed by atoms with Gasteiger partial charge in [0.05, 0.1) is 18.8 Å². The minimum absolute atomic E-state index is 0.0830. The average Bonchev–Trinajstić information content (AvgIpc) is 3.01. The third-order valence-electron chi connectivity index (χ3n) is 8.03. The minimum Gasteiger partial charge on any atom is -0.394 e. The first-order valence-electron chi connectivity index (χ1n) is 18.4. The SMILES string of the molecule is CCCCCC/C=C/CC/C=C/C(O)C(CO)NC(=O)CCCCCCCCCCC/C=C\C/C=C\CCCCCCC. The van der Waals surface area contributed by atoms with Crippen molar-refractivity contribution in [3.63, 3.8) is 0 Å². The Morgan fingerprint density at radius 1 is 0.558 bits per heavy atom. The summed E-state index contributed by atoms with van der Waals surface area (Å²) in [5.74, 6) is -0.0830. The molecule has 0 saturated heterocycles. The van der Waals surface area contributed by atoms with Crippen LogP contribution in [0.5, 0.6) is 0 Å². The molecule has 250 valence electrons. The van der Waals surface area contributed by atoms with Crippen LogP contribution in [0.25, 0.3) is 0 Å². The molecule has 3 N–H and O–H groups in total. The monoisotopic (exact) mass is 602 g/mol. The fourth-order valence-electron chi connectivity index (χ4n) is 5.16. The van der Waals surface area contributed by atoms with Crippen LogP contribution in [0.1, 0.15) is 174 Å². The Labute approximate surface area is 267 Å². The molecule has 2 atom stereocenters. The zero-order valence-corrected chi connectivity index (χ0v) is 28.5. The lowest BCUT2D eigenvalue weighted by molar-refractivity contribution is -0.123. The Balaban J connectivity index is 3.62. The maximum absolute atomic E-state index is 12.3. The fraction of sp³-hybridized carbons (Fsp3) is 0.769. The lowest BCUT2D eigenvalue weighted by Gasteiger charge is -2.19. The van der Waals surface area contributed by atoms with E-state index in [9.17, 15) is 15.0 Å². The fourth-order valence-corrected chi connectivity index (χ4v) is 5.16. The highest BCUT2D eigenvalue weighted by Crippen LogP contribution is 2.12. The molecule has 0 saturated carbocycles. The molecule has 0 heterocycles. The van der Waals surface area contributed by atoms with Crippen LogP contribution in [0.4, 0.5) is 0 Å². The number of amides is 1. The van der Waals surface area contributed by atoms with Crippen molar-refractivity contribution in [3.05, 3.63) is 48.6 Å². The molecule has 0 aliphatic carbocycles. The van der Waals surface area contributed by atoms with Gasteiger partial charge in [0.25, 0.3) is 0 Å². The maximum atomic E-state index is 12.3. The molecule has 0 spiro atoms. The van der Waals surface area contributed by atoms with E-state index >= 15 is 0 Å². The molecule has 4 nitrogen and oxygen atoms in total. The first-order valence-corrected chi connectivity index (χ1v) is 18.4. The highest BCUT2D eigenvalue weighted by molar-refractivity contribution is 5.76. The van der Waals surface area contributed by atoms with Crippen LogP contribution in [0, 0.1) is 0 Å². The lowest BCUT2D eigenvalue weighted by atomic mass is 10.1. The van der Waals surface area contributed by atoms with Gasteiger partial charge in [-0.2, -0.15) is 0 Å². The van der Waals surface area contributed by atoms with Gasteiger partial charge in [0, 0.05) is 6.42 Å². The van der Waals surface area contributed by atoms with Gasteiger partial charge in [0.2, 0.25) is 5.91 Å². The van der Waals surface area contributed by atoms with Gasteiger partial charge in [-0.3, -0.25) is 4.79 Å². The molecular formula is C39H71NO3. The highest BCUT2D eigenvalue weighted by Gasteiger charge is 2.17. The van der Waals surface area contributed by atoms with Crippen LogP contribution >= 0.6 is 0 Å². The molecule has 43 heavy (non-hydrogen) atoms. The van der Waals surface area contributed by atoms with Crippen molar-refractivity contribution in [1.82, 2.24) is 5.32 Å². The molecule has 0 aliphatic heterocycles. The Kier molecular flexibility index (Phi) is 33.5. The van der Waals surface area contributed by atoms with Crippen LogP contribution in [0.15, 0.2) is 48.6 Å². The largest absolute Gasteiger partial charge is 0.394 e. The molecule has 0 radical (unpaired) electrons. The second-order valence-corrected chi connectivity index (χ2v) is 12.3. The first kappa shape index (κ1) is 41.4. The van der Waals surface area contributed by atoms with Crippen molar-refractivity contribution in [1.29, 1.82) is 0 Å². The van der Waals surface area contributed by atoms with Gasteiger partial charge in [0.15, 0.2) is 0 Å². The molecule has 0 aromatic carbocycles. The Bertz CT molecular complexity index is 697. The second-order valence-electron chi connectivity index (χ2n) is 12.3. The molecule has 0 aliphatic rings. The summed E-state index contributed by atoms with van der Waals surface area (Å²) in [7, 11) is 0. The standard InChI is InChI=1S/C39H71NO3/c1-3-5-7-9-11-13-15-16-17-18-19-20-21-22-23-24-25-27-29-31-33-35-39(43)40-37(36-41)38(42)34-32-30-28-26-14-12-10-8-6-4-2/h14-16,18-19,26,32,34,37-38,41-42H,3-13,17,20-25,27-31,33,35-36H2,1-2H3,(H,40,43)/b16-15-,19-18-,26-14+,34-32+. The van der Waals surface area contributed by atoms with Crippen molar-refractivity contribution in [2.45, 2.75) is 187 Å². The first-order chi connectivity index (χ1) is 21.2. The van der Waals surface area contributed by atoms with Crippen molar-refractivity contribution in [2.24, 2.45) is 0 Å². The number of nitrogens with one attached hydrogen (secondary N) is 1. The second kappa shape index (κ2) is 34.8. The Morgan fingerprint density at radius 3 is 1.51 bits per heavy atom. The highest BCUT2D eigenvalue weighted by atomic mass is 16.3. The average molecular weight is 602 g/mol. The number of hydrogen-bond donors (Lipinski definition) is 3. The molecule has 0 rings (SSSR count). The van der Waals surface area contributed by atoms with Crippen LogP contribution < -0.4 is 5.32 Å². The quantitative estimate of drug-likeness (QED) is 0.0530.